The van der Waals surface area contributed by atoms with Crippen LogP contribution >= 0.6 is 0 Å². The summed E-state index contributed by atoms with van der Waals surface area (Å²) in [7, 11) is 0. The molecular formula is C25H32N2O3. The van der Waals surface area contributed by atoms with Crippen LogP contribution in [-0.2, 0) is 16.1 Å². The number of para-hydroxylation sites is 1. The Labute approximate surface area is 179 Å². The van der Waals surface area contributed by atoms with Gasteiger partial charge < -0.3 is 15.0 Å². The minimum Gasteiger partial charge on any atom is -0.484 e. The number of carbonyl (C=O) groups is 2. The van der Waals surface area contributed by atoms with E-state index >= 15 is 0 Å². The average Bonchev–Trinajstić information content (AvgIpc) is 2.77. The molecule has 5 nitrogen and oxygen atoms in total. The number of hydrogen-bond donors (Lipinski definition) is 1. The standard InChI is InChI=1S/C25H32N2O3/c1-19-10-9-11-21(16-19)17-27(24(28)18-30-23-14-7-4-8-15-23)20(2)25(29)26-22-12-5-3-6-13-22/h4,7-11,14-16,20,22H,3,5-6,12-13,17-18H2,1-2H3,(H,26,29)/t20-/m1/s1. The molecule has 2 aromatic carbocycles. The van der Waals surface area contributed by atoms with E-state index in [0.717, 1.165) is 36.8 Å². The summed E-state index contributed by atoms with van der Waals surface area (Å²) in [5, 5.41) is 3.15. The van der Waals surface area contributed by atoms with Crippen molar-refractivity contribution in [1.29, 1.82) is 0 Å². The largest absolute Gasteiger partial charge is 0.484 e. The number of amides is 2. The minimum absolute atomic E-state index is 0.0948. The van der Waals surface area contributed by atoms with E-state index in [1.54, 1.807) is 11.8 Å². The van der Waals surface area contributed by atoms with E-state index in [-0.39, 0.29) is 24.5 Å². The van der Waals surface area contributed by atoms with Gasteiger partial charge in [0, 0.05) is 12.6 Å². The molecule has 3 rings (SSSR count). The maximum absolute atomic E-state index is 13.1. The minimum atomic E-state index is -0.570. The third-order valence-electron chi connectivity index (χ3n) is 5.66. The number of rotatable bonds is 8. The fraction of sp³-hybridized carbons (Fsp3) is 0.440. The van der Waals surface area contributed by atoms with Crippen molar-refractivity contribution >= 4 is 11.8 Å². The van der Waals surface area contributed by atoms with Gasteiger partial charge in [-0.15, -0.1) is 0 Å². The first-order chi connectivity index (χ1) is 14.5. The van der Waals surface area contributed by atoms with Gasteiger partial charge in [0.15, 0.2) is 6.61 Å². The molecule has 2 amide bonds. The van der Waals surface area contributed by atoms with E-state index in [1.165, 1.54) is 6.42 Å². The van der Waals surface area contributed by atoms with E-state index in [1.807, 2.05) is 61.5 Å². The molecular weight excluding hydrogens is 376 g/mol. The summed E-state index contributed by atoms with van der Waals surface area (Å²) in [6, 6.07) is 16.9. The highest BCUT2D eigenvalue weighted by molar-refractivity contribution is 5.88. The Morgan fingerprint density at radius 2 is 1.80 bits per heavy atom. The lowest BCUT2D eigenvalue weighted by molar-refractivity contribution is -0.142. The van der Waals surface area contributed by atoms with Crippen LogP contribution in [0.4, 0.5) is 0 Å². The van der Waals surface area contributed by atoms with Gasteiger partial charge in [0.25, 0.3) is 5.91 Å². The van der Waals surface area contributed by atoms with E-state index < -0.39 is 6.04 Å². The Hall–Kier alpha value is -2.82. The predicted molar refractivity (Wildman–Crippen MR) is 118 cm³/mol. The first kappa shape index (κ1) is 21.9. The number of hydrogen-bond acceptors (Lipinski definition) is 3. The topological polar surface area (TPSA) is 58.6 Å². The van der Waals surface area contributed by atoms with Crippen molar-refractivity contribution in [3.8, 4) is 5.75 Å². The Morgan fingerprint density at radius 1 is 1.07 bits per heavy atom. The Kier molecular flexibility index (Phi) is 7.89. The zero-order valence-electron chi connectivity index (χ0n) is 18.0. The Morgan fingerprint density at radius 3 is 2.50 bits per heavy atom. The molecule has 1 saturated carbocycles. The normalized spacial score (nSPS) is 15.3. The summed E-state index contributed by atoms with van der Waals surface area (Å²) in [6.45, 7) is 4.09. The smallest absolute Gasteiger partial charge is 0.261 e. The third kappa shape index (κ3) is 6.34. The molecule has 0 unspecified atom stereocenters. The highest BCUT2D eigenvalue weighted by atomic mass is 16.5. The van der Waals surface area contributed by atoms with Crippen LogP contribution < -0.4 is 10.1 Å². The van der Waals surface area contributed by atoms with E-state index in [9.17, 15) is 9.59 Å². The second-order valence-electron chi connectivity index (χ2n) is 8.13. The summed E-state index contributed by atoms with van der Waals surface area (Å²) >= 11 is 0. The molecule has 2 aromatic rings. The SMILES string of the molecule is Cc1cccc(CN(C(=O)COc2ccccc2)[C@H](C)C(=O)NC2CCCCC2)c1. The molecule has 1 fully saturated rings. The maximum atomic E-state index is 13.1. The number of carbonyl (C=O) groups excluding carboxylic acids is 2. The van der Waals surface area contributed by atoms with Crippen LogP contribution in [0.15, 0.2) is 54.6 Å². The van der Waals surface area contributed by atoms with E-state index in [4.69, 9.17) is 4.74 Å². The first-order valence-corrected chi connectivity index (χ1v) is 10.9. The second-order valence-corrected chi connectivity index (χ2v) is 8.13. The van der Waals surface area contributed by atoms with Gasteiger partial charge in [-0.05, 0) is 44.4 Å². The summed E-state index contributed by atoms with van der Waals surface area (Å²) in [4.78, 5) is 27.6. The summed E-state index contributed by atoms with van der Waals surface area (Å²) in [5.41, 5.74) is 2.13. The molecule has 160 valence electrons. The lowest BCUT2D eigenvalue weighted by Gasteiger charge is -2.31. The van der Waals surface area contributed by atoms with Crippen molar-refractivity contribution in [2.45, 2.75) is 64.6 Å². The van der Waals surface area contributed by atoms with Crippen molar-refractivity contribution in [2.75, 3.05) is 6.61 Å². The molecule has 1 aliphatic rings. The first-order valence-electron chi connectivity index (χ1n) is 10.9. The van der Waals surface area contributed by atoms with Crippen LogP contribution in [0.2, 0.25) is 0 Å². The van der Waals surface area contributed by atoms with Gasteiger partial charge in [-0.25, -0.2) is 0 Å². The quantitative estimate of drug-likeness (QED) is 0.711. The molecule has 1 aliphatic carbocycles. The molecule has 0 radical (unpaired) electrons. The average molecular weight is 409 g/mol. The molecule has 0 spiro atoms. The van der Waals surface area contributed by atoms with E-state index in [0.29, 0.717) is 12.3 Å². The monoisotopic (exact) mass is 408 g/mol. The van der Waals surface area contributed by atoms with Crippen LogP contribution in [0.1, 0.15) is 50.2 Å². The van der Waals surface area contributed by atoms with Crippen molar-refractivity contribution in [3.63, 3.8) is 0 Å². The molecule has 1 atom stereocenters. The van der Waals surface area contributed by atoms with Crippen LogP contribution in [0.5, 0.6) is 5.75 Å². The van der Waals surface area contributed by atoms with Crippen molar-refractivity contribution in [3.05, 3.63) is 65.7 Å². The number of aryl methyl sites for hydroxylation is 1. The number of benzene rings is 2. The molecule has 0 bridgehead atoms. The second kappa shape index (κ2) is 10.8. The molecule has 30 heavy (non-hydrogen) atoms. The zero-order valence-corrected chi connectivity index (χ0v) is 18.0. The highest BCUT2D eigenvalue weighted by Gasteiger charge is 2.28. The fourth-order valence-electron chi connectivity index (χ4n) is 3.90. The van der Waals surface area contributed by atoms with Gasteiger partial charge >= 0.3 is 0 Å². The van der Waals surface area contributed by atoms with Gasteiger partial charge in [-0.2, -0.15) is 0 Å². The van der Waals surface area contributed by atoms with Crippen LogP contribution in [0.25, 0.3) is 0 Å². The van der Waals surface area contributed by atoms with E-state index in [2.05, 4.69) is 5.32 Å². The summed E-state index contributed by atoms with van der Waals surface area (Å²) in [5.74, 6) is 0.343. The van der Waals surface area contributed by atoms with Crippen molar-refractivity contribution < 1.29 is 14.3 Å². The summed E-state index contributed by atoms with van der Waals surface area (Å²) in [6.07, 6.45) is 5.56. The van der Waals surface area contributed by atoms with Crippen LogP contribution in [0.3, 0.4) is 0 Å². The molecule has 0 saturated heterocycles. The van der Waals surface area contributed by atoms with Gasteiger partial charge in [0.1, 0.15) is 11.8 Å². The maximum Gasteiger partial charge on any atom is 0.261 e. The van der Waals surface area contributed by atoms with Gasteiger partial charge in [0.2, 0.25) is 5.91 Å². The lowest BCUT2D eigenvalue weighted by Crippen LogP contribution is -2.51. The Bertz CT molecular complexity index is 831. The van der Waals surface area contributed by atoms with Crippen molar-refractivity contribution in [1.82, 2.24) is 10.2 Å². The van der Waals surface area contributed by atoms with Gasteiger partial charge in [0.05, 0.1) is 0 Å². The number of ether oxygens (including phenoxy) is 1. The summed E-state index contributed by atoms with van der Waals surface area (Å²) < 4.78 is 5.67. The zero-order chi connectivity index (χ0) is 21.3. The number of nitrogens with zero attached hydrogens (tertiary/aromatic N) is 1. The highest BCUT2D eigenvalue weighted by Crippen LogP contribution is 2.18. The third-order valence-corrected chi connectivity index (χ3v) is 5.66. The van der Waals surface area contributed by atoms with Crippen LogP contribution in [0, 0.1) is 6.92 Å². The molecule has 0 heterocycles. The van der Waals surface area contributed by atoms with Crippen LogP contribution in [-0.4, -0.2) is 35.4 Å². The van der Waals surface area contributed by atoms with Gasteiger partial charge in [-0.3, -0.25) is 9.59 Å². The molecule has 0 aromatic heterocycles. The predicted octanol–water partition coefficient (Wildman–Crippen LogP) is 4.24. The fourth-order valence-corrected chi connectivity index (χ4v) is 3.90. The lowest BCUT2D eigenvalue weighted by atomic mass is 9.95. The van der Waals surface area contributed by atoms with Gasteiger partial charge in [-0.1, -0.05) is 67.3 Å². The molecule has 1 N–H and O–H groups in total. The molecule has 0 aliphatic heterocycles. The Balaban J connectivity index is 1.69. The number of nitrogens with one attached hydrogen (secondary N) is 1. The molecule has 5 heteroatoms. The van der Waals surface area contributed by atoms with Crippen molar-refractivity contribution in [2.24, 2.45) is 0 Å².